The zero-order valence-corrected chi connectivity index (χ0v) is 11.1. The van der Waals surface area contributed by atoms with Gasteiger partial charge in [-0.05, 0) is 37.2 Å². The molecular formula is C10H19N5OS. The lowest BCUT2D eigenvalue weighted by Crippen LogP contribution is -2.17. The van der Waals surface area contributed by atoms with Crippen LogP contribution in [0, 0.1) is 0 Å². The molecule has 0 amide bonds. The molecule has 1 fully saturated rings. The van der Waals surface area contributed by atoms with Gasteiger partial charge < -0.3 is 10.1 Å². The molecule has 2 heterocycles. The van der Waals surface area contributed by atoms with Crippen molar-refractivity contribution in [3.8, 4) is 0 Å². The Morgan fingerprint density at radius 1 is 1.53 bits per heavy atom. The van der Waals surface area contributed by atoms with Crippen molar-refractivity contribution in [1.29, 1.82) is 0 Å². The van der Waals surface area contributed by atoms with Gasteiger partial charge >= 0.3 is 0 Å². The monoisotopic (exact) mass is 257 g/mol. The SMILES string of the molecule is CNCCn1nnnc1SCC1CCC(C)O1. The minimum Gasteiger partial charge on any atom is -0.374 e. The van der Waals surface area contributed by atoms with Gasteiger partial charge in [-0.25, -0.2) is 4.68 Å². The third-order valence-electron chi connectivity index (χ3n) is 2.79. The molecule has 6 nitrogen and oxygen atoms in total. The van der Waals surface area contributed by atoms with Crippen molar-refractivity contribution in [3.05, 3.63) is 0 Å². The first-order chi connectivity index (χ1) is 8.29. The fourth-order valence-electron chi connectivity index (χ4n) is 1.83. The molecule has 0 bridgehead atoms. The number of thioether (sulfide) groups is 1. The largest absolute Gasteiger partial charge is 0.374 e. The van der Waals surface area contributed by atoms with Crippen LogP contribution in [0.1, 0.15) is 19.8 Å². The van der Waals surface area contributed by atoms with E-state index in [1.54, 1.807) is 11.8 Å². The van der Waals surface area contributed by atoms with Gasteiger partial charge in [-0.15, -0.1) is 5.10 Å². The van der Waals surface area contributed by atoms with Crippen LogP contribution in [0.3, 0.4) is 0 Å². The normalized spacial score (nSPS) is 24.4. The second-order valence-corrected chi connectivity index (χ2v) is 5.23. The van der Waals surface area contributed by atoms with Crippen molar-refractivity contribution < 1.29 is 4.74 Å². The number of hydrogen-bond acceptors (Lipinski definition) is 6. The van der Waals surface area contributed by atoms with Crippen molar-refractivity contribution in [1.82, 2.24) is 25.5 Å². The molecule has 2 rings (SSSR count). The van der Waals surface area contributed by atoms with Crippen LogP contribution in [-0.4, -0.2) is 51.8 Å². The predicted octanol–water partition coefficient (Wildman–Crippen LogP) is 0.552. The van der Waals surface area contributed by atoms with Crippen LogP contribution < -0.4 is 5.32 Å². The summed E-state index contributed by atoms with van der Waals surface area (Å²) in [5, 5.41) is 15.7. The van der Waals surface area contributed by atoms with E-state index in [4.69, 9.17) is 4.74 Å². The first-order valence-corrected chi connectivity index (χ1v) is 6.97. The lowest BCUT2D eigenvalue weighted by Gasteiger charge is -2.10. The summed E-state index contributed by atoms with van der Waals surface area (Å²) in [7, 11) is 1.92. The third-order valence-corrected chi connectivity index (χ3v) is 3.88. The minimum absolute atomic E-state index is 0.351. The highest BCUT2D eigenvalue weighted by Gasteiger charge is 2.22. The van der Waals surface area contributed by atoms with Crippen molar-refractivity contribution in [2.75, 3.05) is 19.3 Å². The van der Waals surface area contributed by atoms with Gasteiger partial charge in [0, 0.05) is 12.3 Å². The van der Waals surface area contributed by atoms with E-state index in [2.05, 4.69) is 27.8 Å². The van der Waals surface area contributed by atoms with Gasteiger partial charge in [0.1, 0.15) is 0 Å². The molecule has 1 aliphatic heterocycles. The molecule has 1 saturated heterocycles. The molecule has 2 unspecified atom stereocenters. The second kappa shape index (κ2) is 6.32. The van der Waals surface area contributed by atoms with Crippen LogP contribution in [0.2, 0.25) is 0 Å². The number of aromatic nitrogens is 4. The van der Waals surface area contributed by atoms with Gasteiger partial charge in [0.25, 0.3) is 0 Å². The highest BCUT2D eigenvalue weighted by molar-refractivity contribution is 7.99. The molecule has 96 valence electrons. The third kappa shape index (κ3) is 3.65. The number of nitrogens with zero attached hydrogens (tertiary/aromatic N) is 4. The Morgan fingerprint density at radius 3 is 3.12 bits per heavy atom. The van der Waals surface area contributed by atoms with Crippen molar-refractivity contribution in [3.63, 3.8) is 0 Å². The van der Waals surface area contributed by atoms with Crippen LogP contribution in [0.4, 0.5) is 0 Å². The fourth-order valence-corrected chi connectivity index (χ4v) is 2.78. The average Bonchev–Trinajstić information content (AvgIpc) is 2.92. The maximum atomic E-state index is 5.77. The minimum atomic E-state index is 0.351. The zero-order chi connectivity index (χ0) is 12.1. The van der Waals surface area contributed by atoms with E-state index >= 15 is 0 Å². The maximum Gasteiger partial charge on any atom is 0.209 e. The smallest absolute Gasteiger partial charge is 0.209 e. The van der Waals surface area contributed by atoms with E-state index in [1.165, 1.54) is 0 Å². The Kier molecular flexibility index (Phi) is 4.75. The first-order valence-electron chi connectivity index (χ1n) is 5.98. The maximum absolute atomic E-state index is 5.77. The zero-order valence-electron chi connectivity index (χ0n) is 10.3. The van der Waals surface area contributed by atoms with E-state index in [1.807, 2.05) is 11.7 Å². The molecule has 0 aliphatic carbocycles. The summed E-state index contributed by atoms with van der Waals surface area (Å²) < 4.78 is 7.60. The molecule has 0 aromatic carbocycles. The quantitative estimate of drug-likeness (QED) is 0.751. The van der Waals surface area contributed by atoms with Gasteiger partial charge in [-0.2, -0.15) is 0 Å². The highest BCUT2D eigenvalue weighted by atomic mass is 32.2. The standard InChI is InChI=1S/C10H19N5OS/c1-8-3-4-9(16-8)7-17-10-12-13-14-15(10)6-5-11-2/h8-9,11H,3-7H2,1-2H3. The average molecular weight is 257 g/mol. The van der Waals surface area contributed by atoms with E-state index in [0.29, 0.717) is 12.2 Å². The van der Waals surface area contributed by atoms with Gasteiger partial charge in [0.05, 0.1) is 18.8 Å². The second-order valence-electron chi connectivity index (χ2n) is 4.25. The van der Waals surface area contributed by atoms with E-state index in [-0.39, 0.29) is 0 Å². The summed E-state index contributed by atoms with van der Waals surface area (Å²) >= 11 is 1.68. The summed E-state index contributed by atoms with van der Waals surface area (Å²) in [6.45, 7) is 3.80. The number of nitrogens with one attached hydrogen (secondary N) is 1. The number of tetrazole rings is 1. The molecule has 0 spiro atoms. The van der Waals surface area contributed by atoms with Crippen LogP contribution in [0.15, 0.2) is 5.16 Å². The Morgan fingerprint density at radius 2 is 2.41 bits per heavy atom. The first kappa shape index (κ1) is 12.8. The number of likely N-dealkylation sites (N-methyl/N-ethyl adjacent to an activating group) is 1. The lowest BCUT2D eigenvalue weighted by atomic mass is 10.2. The van der Waals surface area contributed by atoms with Crippen molar-refractivity contribution in [2.24, 2.45) is 0 Å². The van der Waals surface area contributed by atoms with Crippen molar-refractivity contribution in [2.45, 2.75) is 43.7 Å². The van der Waals surface area contributed by atoms with E-state index < -0.39 is 0 Å². The molecule has 1 aromatic heterocycles. The molecule has 1 aromatic rings. The number of ether oxygens (including phenoxy) is 1. The molecule has 2 atom stereocenters. The summed E-state index contributed by atoms with van der Waals surface area (Å²) in [6, 6.07) is 0. The fraction of sp³-hybridized carbons (Fsp3) is 0.900. The Labute approximate surface area is 105 Å². The molecular weight excluding hydrogens is 238 g/mol. The lowest BCUT2D eigenvalue weighted by molar-refractivity contribution is 0.0699. The number of hydrogen-bond donors (Lipinski definition) is 1. The summed E-state index contributed by atoms with van der Waals surface area (Å²) in [6.07, 6.45) is 3.06. The Hall–Kier alpha value is -0.660. The van der Waals surface area contributed by atoms with Crippen LogP contribution in [0.5, 0.6) is 0 Å². The van der Waals surface area contributed by atoms with Gasteiger partial charge in [0.15, 0.2) is 0 Å². The molecule has 0 saturated carbocycles. The number of rotatable bonds is 6. The van der Waals surface area contributed by atoms with Gasteiger partial charge in [-0.1, -0.05) is 11.8 Å². The summed E-state index contributed by atoms with van der Waals surface area (Å²) in [5.41, 5.74) is 0. The van der Waals surface area contributed by atoms with E-state index in [9.17, 15) is 0 Å². The van der Waals surface area contributed by atoms with Gasteiger partial charge in [0.2, 0.25) is 5.16 Å². The Balaban J connectivity index is 1.80. The molecule has 1 N–H and O–H groups in total. The van der Waals surface area contributed by atoms with Gasteiger partial charge in [-0.3, -0.25) is 0 Å². The molecule has 1 aliphatic rings. The molecule has 0 radical (unpaired) electrons. The summed E-state index contributed by atoms with van der Waals surface area (Å²) in [5.74, 6) is 0.935. The summed E-state index contributed by atoms with van der Waals surface area (Å²) in [4.78, 5) is 0. The van der Waals surface area contributed by atoms with E-state index in [0.717, 1.165) is 36.8 Å². The molecule has 17 heavy (non-hydrogen) atoms. The molecule has 7 heteroatoms. The van der Waals surface area contributed by atoms with Crippen LogP contribution in [0.25, 0.3) is 0 Å². The highest BCUT2D eigenvalue weighted by Crippen LogP contribution is 2.24. The van der Waals surface area contributed by atoms with Crippen molar-refractivity contribution >= 4 is 11.8 Å². The van der Waals surface area contributed by atoms with Crippen LogP contribution in [-0.2, 0) is 11.3 Å². The Bertz CT molecular complexity index is 345. The van der Waals surface area contributed by atoms with Crippen LogP contribution >= 0.6 is 11.8 Å². The topological polar surface area (TPSA) is 64.9 Å². The predicted molar refractivity (Wildman–Crippen MR) is 66.0 cm³/mol.